The number of carbonyl (C=O) groups excluding carboxylic acids is 1. The minimum atomic E-state index is 0.399. The molecule has 70 valence electrons. The van der Waals surface area contributed by atoms with Gasteiger partial charge in [-0.3, -0.25) is 0 Å². The van der Waals surface area contributed by atoms with Crippen LogP contribution in [0.25, 0.3) is 0 Å². The molecule has 1 aliphatic carbocycles. The molecule has 2 unspecified atom stereocenters. The summed E-state index contributed by atoms with van der Waals surface area (Å²) in [5.41, 5.74) is 4.28. The van der Waals surface area contributed by atoms with Crippen molar-refractivity contribution in [1.29, 1.82) is 0 Å². The molecule has 3 nitrogen and oxygen atoms in total. The van der Waals surface area contributed by atoms with Crippen molar-refractivity contribution in [2.24, 2.45) is 11.0 Å². The van der Waals surface area contributed by atoms with Crippen molar-refractivity contribution in [3.05, 3.63) is 12.2 Å². The molecule has 0 amide bonds. The maximum atomic E-state index is 10.2. The first-order valence-corrected chi connectivity index (χ1v) is 4.84. The quantitative estimate of drug-likeness (QED) is 0.522. The third kappa shape index (κ3) is 1.64. The van der Waals surface area contributed by atoms with Gasteiger partial charge in [0.2, 0.25) is 0 Å². The van der Waals surface area contributed by atoms with Crippen LogP contribution in [0, 0.1) is 5.92 Å². The van der Waals surface area contributed by atoms with Crippen LogP contribution in [0.4, 0.5) is 0 Å². The van der Waals surface area contributed by atoms with Crippen LogP contribution < -0.4 is 5.43 Å². The molecule has 3 heteroatoms. The molecule has 0 aromatic rings. The normalized spacial score (nSPS) is 30.6. The summed E-state index contributed by atoms with van der Waals surface area (Å²) in [6, 6.07) is 0.399. The number of rotatable bonds is 3. The fourth-order valence-electron chi connectivity index (χ4n) is 2.03. The molecule has 2 aliphatic rings. The predicted molar refractivity (Wildman–Crippen MR) is 51.5 cm³/mol. The van der Waals surface area contributed by atoms with Gasteiger partial charge in [-0.1, -0.05) is 12.2 Å². The zero-order chi connectivity index (χ0) is 9.10. The standard InChI is InChI=1S/C10H14N2O/c13-7-3-6-10-8-4-1-2-5-9(8)11-12-10/h2,5,7-9,11H,1,3-4,6H2. The van der Waals surface area contributed by atoms with Crippen LogP contribution in [0.1, 0.15) is 25.7 Å². The van der Waals surface area contributed by atoms with E-state index in [-0.39, 0.29) is 0 Å². The van der Waals surface area contributed by atoms with Crippen LogP contribution in [-0.4, -0.2) is 18.0 Å². The number of hydrogen-bond donors (Lipinski definition) is 1. The van der Waals surface area contributed by atoms with Crippen LogP contribution in [0.2, 0.25) is 0 Å². The van der Waals surface area contributed by atoms with Crippen molar-refractivity contribution in [2.75, 3.05) is 0 Å². The summed E-state index contributed by atoms with van der Waals surface area (Å²) in [6.07, 6.45) is 9.10. The molecular formula is C10H14N2O. The van der Waals surface area contributed by atoms with Gasteiger partial charge in [0.05, 0.1) is 6.04 Å². The molecule has 0 aromatic carbocycles. The number of nitrogens with zero attached hydrogens (tertiary/aromatic N) is 1. The molecule has 0 saturated heterocycles. The number of nitrogens with one attached hydrogen (secondary N) is 1. The number of carbonyl (C=O) groups is 1. The van der Waals surface area contributed by atoms with Crippen molar-refractivity contribution >= 4 is 12.0 Å². The molecule has 0 spiro atoms. The van der Waals surface area contributed by atoms with Gasteiger partial charge < -0.3 is 10.2 Å². The van der Waals surface area contributed by atoms with Crippen molar-refractivity contribution in [3.63, 3.8) is 0 Å². The predicted octanol–water partition coefficient (Wildman–Crippen LogP) is 1.26. The molecule has 0 radical (unpaired) electrons. The first kappa shape index (κ1) is 8.48. The first-order chi connectivity index (χ1) is 6.42. The van der Waals surface area contributed by atoms with E-state index in [1.54, 1.807) is 0 Å². The van der Waals surface area contributed by atoms with Gasteiger partial charge >= 0.3 is 0 Å². The Morgan fingerprint density at radius 1 is 1.69 bits per heavy atom. The zero-order valence-electron chi connectivity index (χ0n) is 7.57. The number of fused-ring (bicyclic) bond motifs is 1. The Morgan fingerprint density at radius 3 is 3.46 bits per heavy atom. The highest BCUT2D eigenvalue weighted by Crippen LogP contribution is 2.25. The molecule has 0 bridgehead atoms. The van der Waals surface area contributed by atoms with Crippen molar-refractivity contribution < 1.29 is 4.79 Å². The second-order valence-corrected chi connectivity index (χ2v) is 3.58. The van der Waals surface area contributed by atoms with E-state index >= 15 is 0 Å². The number of hydrogen-bond acceptors (Lipinski definition) is 3. The zero-order valence-corrected chi connectivity index (χ0v) is 7.57. The van der Waals surface area contributed by atoms with Gasteiger partial charge in [0, 0.05) is 18.1 Å². The summed E-state index contributed by atoms with van der Waals surface area (Å²) in [4.78, 5) is 10.2. The lowest BCUT2D eigenvalue weighted by atomic mass is 9.85. The Labute approximate surface area is 77.9 Å². The van der Waals surface area contributed by atoms with E-state index in [1.807, 2.05) is 0 Å². The fourth-order valence-corrected chi connectivity index (χ4v) is 2.03. The summed E-state index contributed by atoms with van der Waals surface area (Å²) in [6.45, 7) is 0. The summed E-state index contributed by atoms with van der Waals surface area (Å²) < 4.78 is 0. The summed E-state index contributed by atoms with van der Waals surface area (Å²) in [7, 11) is 0. The lowest BCUT2D eigenvalue weighted by molar-refractivity contribution is -0.107. The summed E-state index contributed by atoms with van der Waals surface area (Å²) in [5.74, 6) is 0.546. The molecular weight excluding hydrogens is 164 g/mol. The molecule has 1 aliphatic heterocycles. The maximum Gasteiger partial charge on any atom is 0.120 e. The van der Waals surface area contributed by atoms with Gasteiger partial charge in [-0.15, -0.1) is 0 Å². The van der Waals surface area contributed by atoms with Gasteiger partial charge in [0.15, 0.2) is 0 Å². The molecule has 13 heavy (non-hydrogen) atoms. The Kier molecular flexibility index (Phi) is 2.43. The number of allylic oxidation sites excluding steroid dienone is 1. The molecule has 1 N–H and O–H groups in total. The SMILES string of the molecule is O=CCCC1=NNC2C=CCCC12. The Balaban J connectivity index is 1.98. The van der Waals surface area contributed by atoms with Crippen molar-refractivity contribution in [2.45, 2.75) is 31.7 Å². The van der Waals surface area contributed by atoms with Crippen LogP contribution in [0.3, 0.4) is 0 Å². The van der Waals surface area contributed by atoms with Gasteiger partial charge in [0.1, 0.15) is 6.29 Å². The average Bonchev–Trinajstić information content (AvgIpc) is 2.58. The van der Waals surface area contributed by atoms with Crippen molar-refractivity contribution in [3.8, 4) is 0 Å². The highest BCUT2D eigenvalue weighted by atomic mass is 16.1. The van der Waals surface area contributed by atoms with Crippen LogP contribution in [0.5, 0.6) is 0 Å². The summed E-state index contributed by atoms with van der Waals surface area (Å²) in [5, 5.41) is 4.27. The highest BCUT2D eigenvalue weighted by Gasteiger charge is 2.30. The first-order valence-electron chi connectivity index (χ1n) is 4.84. The van der Waals surface area contributed by atoms with Crippen LogP contribution in [0.15, 0.2) is 17.3 Å². The third-order valence-corrected chi connectivity index (χ3v) is 2.72. The molecule has 2 rings (SSSR count). The molecule has 0 aromatic heterocycles. The van der Waals surface area contributed by atoms with E-state index in [4.69, 9.17) is 0 Å². The summed E-state index contributed by atoms with van der Waals surface area (Å²) >= 11 is 0. The van der Waals surface area contributed by atoms with E-state index in [0.29, 0.717) is 18.4 Å². The largest absolute Gasteiger partial charge is 0.303 e. The Bertz CT molecular complexity index is 258. The third-order valence-electron chi connectivity index (χ3n) is 2.72. The second-order valence-electron chi connectivity index (χ2n) is 3.58. The van der Waals surface area contributed by atoms with Crippen molar-refractivity contribution in [1.82, 2.24) is 5.43 Å². The molecule has 0 fully saturated rings. The highest BCUT2D eigenvalue weighted by molar-refractivity contribution is 5.90. The maximum absolute atomic E-state index is 10.2. The lowest BCUT2D eigenvalue weighted by Gasteiger charge is -2.20. The molecule has 0 saturated carbocycles. The van der Waals surface area contributed by atoms with Gasteiger partial charge in [-0.05, 0) is 19.3 Å². The van der Waals surface area contributed by atoms with E-state index in [9.17, 15) is 4.79 Å². The van der Waals surface area contributed by atoms with Gasteiger partial charge in [0.25, 0.3) is 0 Å². The number of hydrazone groups is 1. The van der Waals surface area contributed by atoms with Crippen LogP contribution >= 0.6 is 0 Å². The van der Waals surface area contributed by atoms with E-state index in [2.05, 4.69) is 22.7 Å². The lowest BCUT2D eigenvalue weighted by Crippen LogP contribution is -2.29. The Hall–Kier alpha value is -1.12. The monoisotopic (exact) mass is 178 g/mol. The minimum absolute atomic E-state index is 0.399. The number of aldehydes is 1. The smallest absolute Gasteiger partial charge is 0.120 e. The average molecular weight is 178 g/mol. The fraction of sp³-hybridized carbons (Fsp3) is 0.600. The molecule has 1 heterocycles. The van der Waals surface area contributed by atoms with Gasteiger partial charge in [-0.2, -0.15) is 5.10 Å². The van der Waals surface area contributed by atoms with E-state index < -0.39 is 0 Å². The molecule has 2 atom stereocenters. The van der Waals surface area contributed by atoms with E-state index in [0.717, 1.165) is 19.1 Å². The second kappa shape index (κ2) is 3.73. The Morgan fingerprint density at radius 2 is 2.62 bits per heavy atom. The minimum Gasteiger partial charge on any atom is -0.303 e. The van der Waals surface area contributed by atoms with Crippen LogP contribution in [-0.2, 0) is 4.79 Å². The topological polar surface area (TPSA) is 41.5 Å². The van der Waals surface area contributed by atoms with E-state index in [1.165, 1.54) is 12.1 Å². The van der Waals surface area contributed by atoms with Gasteiger partial charge in [-0.25, -0.2) is 0 Å².